The Kier molecular flexibility index (Phi) is 6.09. The third-order valence-electron chi connectivity index (χ3n) is 4.98. The van der Waals surface area contributed by atoms with Crippen LogP contribution in [0.15, 0.2) is 42.0 Å². The van der Waals surface area contributed by atoms with Gasteiger partial charge in [-0.15, -0.1) is 11.3 Å². The predicted molar refractivity (Wildman–Crippen MR) is 123 cm³/mol. The van der Waals surface area contributed by atoms with Crippen LogP contribution >= 0.6 is 22.9 Å². The van der Waals surface area contributed by atoms with Gasteiger partial charge in [-0.1, -0.05) is 17.7 Å². The van der Waals surface area contributed by atoms with E-state index in [2.05, 4.69) is 20.0 Å². The van der Waals surface area contributed by atoms with Crippen LogP contribution in [0.4, 0.5) is 15.2 Å². The number of amides is 1. The van der Waals surface area contributed by atoms with Crippen molar-refractivity contribution in [3.05, 3.63) is 58.6 Å². The number of aromatic nitrogens is 2. The van der Waals surface area contributed by atoms with Gasteiger partial charge in [-0.3, -0.25) is 14.5 Å². The van der Waals surface area contributed by atoms with Gasteiger partial charge in [0.1, 0.15) is 16.8 Å². The zero-order valence-electron chi connectivity index (χ0n) is 16.8. The number of rotatable bonds is 7. The van der Waals surface area contributed by atoms with Gasteiger partial charge in [0, 0.05) is 23.3 Å². The lowest BCUT2D eigenvalue weighted by Gasteiger charge is -2.22. The largest absolute Gasteiger partial charge is 0.323 e. The van der Waals surface area contributed by atoms with Crippen LogP contribution < -0.4 is 10.0 Å². The molecule has 2 N–H and O–H groups in total. The first-order chi connectivity index (χ1) is 14.7. The number of nitrogens with one attached hydrogen (secondary N) is 2. The minimum Gasteiger partial charge on any atom is -0.323 e. The Bertz CT molecular complexity index is 1160. The fourth-order valence-corrected chi connectivity index (χ4v) is 5.10. The van der Waals surface area contributed by atoms with Crippen LogP contribution in [0.3, 0.4) is 0 Å². The van der Waals surface area contributed by atoms with Crippen LogP contribution in [0.1, 0.15) is 32.4 Å². The van der Waals surface area contributed by atoms with Crippen molar-refractivity contribution in [2.24, 2.45) is 0 Å². The first-order valence-corrected chi connectivity index (χ1v) is 12.1. The van der Waals surface area contributed by atoms with Crippen LogP contribution in [-0.4, -0.2) is 25.3 Å². The lowest BCUT2D eigenvalue weighted by Crippen LogP contribution is -2.35. The highest BCUT2D eigenvalue weighted by atomic mass is 35.5. The first kappa shape index (κ1) is 21.9. The number of anilines is 2. The number of hydrogen-bond donors (Lipinski definition) is 2. The molecule has 0 radical (unpaired) electrons. The number of halogens is 2. The molecule has 0 aliphatic heterocycles. The van der Waals surface area contributed by atoms with E-state index in [1.165, 1.54) is 29.7 Å². The maximum absolute atomic E-state index is 14.7. The second-order valence-electron chi connectivity index (χ2n) is 7.80. The monoisotopic (exact) mass is 478 g/mol. The van der Waals surface area contributed by atoms with Gasteiger partial charge in [0.15, 0.2) is 5.13 Å². The van der Waals surface area contributed by atoms with Crippen LogP contribution in [0.25, 0.3) is 11.1 Å². The smallest absolute Gasteiger partial charge is 0.236 e. The second kappa shape index (κ2) is 8.64. The number of thiazole rings is 1. The van der Waals surface area contributed by atoms with Crippen LogP contribution in [0.2, 0.25) is 5.02 Å². The minimum atomic E-state index is -1.16. The molecular formula is C21H20ClFN4O2S2. The average Bonchev–Trinajstić information content (AvgIpc) is 3.48. The number of pyridine rings is 1. The van der Waals surface area contributed by atoms with Gasteiger partial charge < -0.3 is 5.32 Å². The Morgan fingerprint density at radius 2 is 2.03 bits per heavy atom. The summed E-state index contributed by atoms with van der Waals surface area (Å²) in [5.41, 5.74) is 0.853. The van der Waals surface area contributed by atoms with Crippen molar-refractivity contribution in [1.82, 2.24) is 9.97 Å². The van der Waals surface area contributed by atoms with Gasteiger partial charge in [0.05, 0.1) is 27.1 Å². The van der Waals surface area contributed by atoms with Crippen molar-refractivity contribution >= 4 is 50.6 Å². The Labute approximate surface area is 190 Å². The highest BCUT2D eigenvalue weighted by Crippen LogP contribution is 2.32. The molecule has 10 heteroatoms. The lowest BCUT2D eigenvalue weighted by atomic mass is 9.89. The molecule has 1 saturated carbocycles. The molecule has 6 nitrogen and oxygen atoms in total. The molecule has 1 amide bonds. The second-order valence-corrected chi connectivity index (χ2v) is 10.6. The normalized spacial score (nSPS) is 14.8. The van der Waals surface area contributed by atoms with Gasteiger partial charge in [0.2, 0.25) is 5.91 Å². The Hall–Kier alpha value is -2.36. The fraction of sp³-hybridized carbons (Fsp3) is 0.286. The van der Waals surface area contributed by atoms with Crippen molar-refractivity contribution in [2.45, 2.75) is 37.4 Å². The maximum atomic E-state index is 14.7. The third-order valence-corrected chi connectivity index (χ3v) is 7.55. The minimum absolute atomic E-state index is 0.0697. The molecule has 1 fully saturated rings. The number of carbonyl (C=O) groups is 1. The SMILES string of the molecule is CC(C)(C(=O)Nc1ccc(-c2cncc(Cl)c2)cc1F)c1csc(NS(=O)C2CC2)n1. The molecule has 162 valence electrons. The van der Waals surface area contributed by atoms with E-state index in [9.17, 15) is 13.4 Å². The van der Waals surface area contributed by atoms with Gasteiger partial charge >= 0.3 is 0 Å². The molecule has 1 unspecified atom stereocenters. The quantitative estimate of drug-likeness (QED) is 0.491. The molecule has 1 atom stereocenters. The molecule has 2 heterocycles. The highest BCUT2D eigenvalue weighted by Gasteiger charge is 2.34. The van der Waals surface area contributed by atoms with Crippen molar-refractivity contribution in [3.63, 3.8) is 0 Å². The van der Waals surface area contributed by atoms with Gasteiger partial charge in [0.25, 0.3) is 0 Å². The third kappa shape index (κ3) is 4.94. The summed E-state index contributed by atoms with van der Waals surface area (Å²) in [6.07, 6.45) is 4.99. The maximum Gasteiger partial charge on any atom is 0.236 e. The summed E-state index contributed by atoms with van der Waals surface area (Å²) < 4.78 is 29.6. The zero-order chi connectivity index (χ0) is 22.2. The van der Waals surface area contributed by atoms with E-state index in [0.29, 0.717) is 27.0 Å². The van der Waals surface area contributed by atoms with Crippen LogP contribution in [0.5, 0.6) is 0 Å². The Morgan fingerprint density at radius 1 is 1.26 bits per heavy atom. The highest BCUT2D eigenvalue weighted by molar-refractivity contribution is 7.87. The van der Waals surface area contributed by atoms with E-state index in [4.69, 9.17) is 11.6 Å². The Morgan fingerprint density at radius 3 is 2.71 bits per heavy atom. The fourth-order valence-electron chi connectivity index (χ4n) is 2.82. The lowest BCUT2D eigenvalue weighted by molar-refractivity contribution is -0.120. The summed E-state index contributed by atoms with van der Waals surface area (Å²) in [4.78, 5) is 21.3. The predicted octanol–water partition coefficient (Wildman–Crippen LogP) is 5.15. The van der Waals surface area contributed by atoms with Crippen molar-refractivity contribution in [2.75, 3.05) is 10.0 Å². The number of hydrogen-bond acceptors (Lipinski definition) is 5. The van der Waals surface area contributed by atoms with Gasteiger partial charge in [-0.25, -0.2) is 13.6 Å². The number of nitrogens with zero attached hydrogens (tertiary/aromatic N) is 2. The molecule has 31 heavy (non-hydrogen) atoms. The molecule has 0 saturated heterocycles. The molecule has 1 aliphatic carbocycles. The van der Waals surface area contributed by atoms with Crippen LogP contribution in [0, 0.1) is 5.82 Å². The Balaban J connectivity index is 1.48. The standard InChI is InChI=1S/C21H20ClFN4O2S2/c1-21(2,18-11-30-20(26-18)27-31(29)15-4-5-15)19(28)25-17-6-3-12(8-16(17)23)13-7-14(22)10-24-9-13/h3,6-11,15H,4-5H2,1-2H3,(H,25,28)(H,26,27). The van der Waals surface area contributed by atoms with E-state index in [1.807, 2.05) is 0 Å². The molecule has 4 rings (SSSR count). The van der Waals surface area contributed by atoms with E-state index in [1.54, 1.807) is 37.6 Å². The summed E-state index contributed by atoms with van der Waals surface area (Å²) in [5, 5.41) is 5.53. The van der Waals surface area contributed by atoms with Crippen LogP contribution in [-0.2, 0) is 21.2 Å². The van der Waals surface area contributed by atoms with Gasteiger partial charge in [-0.05, 0) is 50.5 Å². The molecular weight excluding hydrogens is 459 g/mol. The van der Waals surface area contributed by atoms with Crippen molar-refractivity contribution in [1.29, 1.82) is 0 Å². The summed E-state index contributed by atoms with van der Waals surface area (Å²) in [7, 11) is -1.16. The van der Waals surface area contributed by atoms with E-state index >= 15 is 0 Å². The molecule has 2 aromatic heterocycles. The summed E-state index contributed by atoms with van der Waals surface area (Å²) >= 11 is 7.24. The van der Waals surface area contributed by atoms with E-state index < -0.39 is 28.1 Å². The molecule has 1 aromatic carbocycles. The summed E-state index contributed by atoms with van der Waals surface area (Å²) in [5.74, 6) is -0.967. The number of benzene rings is 1. The molecule has 0 bridgehead atoms. The van der Waals surface area contributed by atoms with Crippen molar-refractivity contribution < 1.29 is 13.4 Å². The zero-order valence-corrected chi connectivity index (χ0v) is 19.2. The molecule has 3 aromatic rings. The average molecular weight is 479 g/mol. The van der Waals surface area contributed by atoms with E-state index in [0.717, 1.165) is 12.8 Å². The summed E-state index contributed by atoms with van der Waals surface area (Å²) in [6.45, 7) is 3.42. The van der Waals surface area contributed by atoms with Crippen molar-refractivity contribution in [3.8, 4) is 11.1 Å². The topological polar surface area (TPSA) is 84.0 Å². The molecule has 1 aliphatic rings. The van der Waals surface area contributed by atoms with E-state index in [-0.39, 0.29) is 10.9 Å². The first-order valence-electron chi connectivity index (χ1n) is 9.59. The number of carbonyl (C=O) groups excluding carboxylic acids is 1. The summed E-state index contributed by atoms with van der Waals surface area (Å²) in [6, 6.07) is 6.21. The van der Waals surface area contributed by atoms with Gasteiger partial charge in [-0.2, -0.15) is 0 Å². The molecule has 0 spiro atoms.